The second-order valence-corrected chi connectivity index (χ2v) is 8.46. The number of nitrogens with zero attached hydrogens (tertiary/aromatic N) is 1. The summed E-state index contributed by atoms with van der Waals surface area (Å²) in [5, 5.41) is -0.101. The maximum Gasteiger partial charge on any atom is 0.364 e. The first kappa shape index (κ1) is 21.7. The van der Waals surface area contributed by atoms with Gasteiger partial charge in [0.15, 0.2) is 12.6 Å². The minimum Gasteiger partial charge on any atom is -0.462 e. The van der Waals surface area contributed by atoms with E-state index in [2.05, 4.69) is 13.8 Å². The van der Waals surface area contributed by atoms with Gasteiger partial charge in [0.1, 0.15) is 11.2 Å². The predicted molar refractivity (Wildman–Crippen MR) is 105 cm³/mol. The Kier molecular flexibility index (Phi) is 8.10. The summed E-state index contributed by atoms with van der Waals surface area (Å²) in [4.78, 5) is 28.0. The number of carbonyl (C=O) groups is 2. The molecule has 0 spiro atoms. The minimum atomic E-state index is -0.393. The fraction of sp³-hybridized carbons (Fsp3) is 0.600. The van der Waals surface area contributed by atoms with Gasteiger partial charge >= 0.3 is 5.97 Å². The van der Waals surface area contributed by atoms with Crippen LogP contribution in [-0.4, -0.2) is 54.8 Å². The van der Waals surface area contributed by atoms with Crippen LogP contribution in [-0.2, 0) is 14.3 Å². The van der Waals surface area contributed by atoms with Crippen LogP contribution in [0.15, 0.2) is 24.3 Å². The molecule has 1 N–H and O–H groups in total. The van der Waals surface area contributed by atoms with Crippen molar-refractivity contribution in [1.29, 1.82) is 0 Å². The van der Waals surface area contributed by atoms with Gasteiger partial charge in [-0.2, -0.15) is 0 Å². The lowest BCUT2D eigenvalue weighted by atomic mass is 10.1. The summed E-state index contributed by atoms with van der Waals surface area (Å²) in [6.45, 7) is 9.72. The minimum absolute atomic E-state index is 0.0149. The van der Waals surface area contributed by atoms with Gasteiger partial charge in [0.25, 0.3) is 5.91 Å². The largest absolute Gasteiger partial charge is 0.462 e. The summed E-state index contributed by atoms with van der Waals surface area (Å²) in [5.74, 6) is 0.662. The molecule has 1 saturated heterocycles. The van der Waals surface area contributed by atoms with Crippen molar-refractivity contribution in [3.8, 4) is 0 Å². The van der Waals surface area contributed by atoms with Crippen molar-refractivity contribution in [2.45, 2.75) is 39.1 Å². The van der Waals surface area contributed by atoms with Gasteiger partial charge in [0, 0.05) is 18.2 Å². The molecule has 1 aliphatic heterocycles. The van der Waals surface area contributed by atoms with Gasteiger partial charge in [0.2, 0.25) is 0 Å². The van der Waals surface area contributed by atoms with Crippen molar-refractivity contribution >= 4 is 23.6 Å². The standard InChI is InChI=1S/C20H29FN2O3S/c1-5-26-20(25)15(4)22(12-14(2)3)13-18(24)23-10-11-27-19(23)16-6-8-17(21)9-7-16/h6-9,14-15,19H,5,10-13H2,1-4H3/p+1/t15-,19+/m0/s1. The summed E-state index contributed by atoms with van der Waals surface area (Å²) in [6, 6.07) is 5.93. The van der Waals surface area contributed by atoms with Crippen molar-refractivity contribution in [3.05, 3.63) is 35.6 Å². The van der Waals surface area contributed by atoms with Crippen LogP contribution in [0.1, 0.15) is 38.6 Å². The van der Waals surface area contributed by atoms with Crippen molar-refractivity contribution in [1.82, 2.24) is 4.90 Å². The summed E-state index contributed by atoms with van der Waals surface area (Å²) in [7, 11) is 0. The number of carbonyl (C=O) groups excluding carboxylic acids is 2. The Morgan fingerprint density at radius 3 is 2.56 bits per heavy atom. The van der Waals surface area contributed by atoms with Crippen molar-refractivity contribution in [2.24, 2.45) is 5.92 Å². The molecule has 1 amide bonds. The molecule has 5 nitrogen and oxygen atoms in total. The lowest BCUT2D eigenvalue weighted by molar-refractivity contribution is -0.910. The molecule has 0 aliphatic carbocycles. The van der Waals surface area contributed by atoms with E-state index in [4.69, 9.17) is 4.74 Å². The van der Waals surface area contributed by atoms with Crippen molar-refractivity contribution in [2.75, 3.05) is 32.0 Å². The molecule has 1 aromatic carbocycles. The number of amides is 1. The average Bonchev–Trinajstić information content (AvgIpc) is 3.10. The van der Waals surface area contributed by atoms with Gasteiger partial charge in [0.05, 0.1) is 13.2 Å². The molecule has 0 aromatic heterocycles. The van der Waals surface area contributed by atoms with E-state index < -0.39 is 6.04 Å². The Balaban J connectivity index is 2.10. The van der Waals surface area contributed by atoms with Crippen molar-refractivity contribution < 1.29 is 23.6 Å². The Bertz CT molecular complexity index is 639. The topological polar surface area (TPSA) is 51.1 Å². The molecular weight excluding hydrogens is 367 g/mol. The van der Waals surface area contributed by atoms with Crippen LogP contribution >= 0.6 is 11.8 Å². The van der Waals surface area contributed by atoms with Crippen LogP contribution in [0, 0.1) is 11.7 Å². The van der Waals surface area contributed by atoms with Crippen LogP contribution in [0.4, 0.5) is 4.39 Å². The molecule has 150 valence electrons. The molecule has 1 heterocycles. The van der Waals surface area contributed by atoms with E-state index in [1.165, 1.54) is 12.1 Å². The van der Waals surface area contributed by atoms with E-state index >= 15 is 0 Å². The highest BCUT2D eigenvalue weighted by atomic mass is 32.2. The Morgan fingerprint density at radius 1 is 1.30 bits per heavy atom. The highest BCUT2D eigenvalue weighted by Gasteiger charge is 2.35. The van der Waals surface area contributed by atoms with E-state index in [0.29, 0.717) is 25.6 Å². The van der Waals surface area contributed by atoms with Crippen molar-refractivity contribution in [3.63, 3.8) is 0 Å². The predicted octanol–water partition coefficient (Wildman–Crippen LogP) is 1.89. The second-order valence-electron chi connectivity index (χ2n) is 7.27. The molecule has 2 rings (SSSR count). The zero-order chi connectivity index (χ0) is 20.0. The first-order chi connectivity index (χ1) is 12.8. The first-order valence-corrected chi connectivity index (χ1v) is 10.6. The lowest BCUT2D eigenvalue weighted by Gasteiger charge is -2.29. The fourth-order valence-electron chi connectivity index (χ4n) is 3.29. The summed E-state index contributed by atoms with van der Waals surface area (Å²) in [5.41, 5.74) is 0.927. The average molecular weight is 398 g/mol. The monoisotopic (exact) mass is 397 g/mol. The third kappa shape index (κ3) is 5.94. The van der Waals surface area contributed by atoms with Gasteiger partial charge in [-0.05, 0) is 31.5 Å². The maximum absolute atomic E-state index is 13.2. The Labute approximate surface area is 165 Å². The van der Waals surface area contributed by atoms with Gasteiger partial charge in [-0.25, -0.2) is 9.18 Å². The van der Waals surface area contributed by atoms with Crippen LogP contribution in [0.3, 0.4) is 0 Å². The highest BCUT2D eigenvalue weighted by molar-refractivity contribution is 7.99. The van der Waals surface area contributed by atoms with Crippen LogP contribution in [0.5, 0.6) is 0 Å². The number of rotatable bonds is 8. The number of ether oxygens (including phenoxy) is 1. The molecule has 0 radical (unpaired) electrons. The fourth-order valence-corrected chi connectivity index (χ4v) is 4.56. The summed E-state index contributed by atoms with van der Waals surface area (Å²) in [6.07, 6.45) is 0. The van der Waals surface area contributed by atoms with E-state index in [1.807, 2.05) is 11.8 Å². The zero-order valence-electron chi connectivity index (χ0n) is 16.5. The second kappa shape index (κ2) is 10.1. The molecule has 1 fully saturated rings. The number of thioether (sulfide) groups is 1. The number of nitrogens with one attached hydrogen (secondary N) is 1. The van der Waals surface area contributed by atoms with Gasteiger partial charge in [-0.1, -0.05) is 26.0 Å². The van der Waals surface area contributed by atoms with E-state index in [0.717, 1.165) is 16.2 Å². The maximum atomic E-state index is 13.2. The van der Waals surface area contributed by atoms with Crippen LogP contribution in [0.2, 0.25) is 0 Å². The Hall–Kier alpha value is -1.60. The first-order valence-electron chi connectivity index (χ1n) is 9.51. The molecule has 7 heteroatoms. The number of hydrogen-bond donors (Lipinski definition) is 1. The van der Waals surface area contributed by atoms with Gasteiger partial charge in [-0.3, -0.25) is 4.79 Å². The number of esters is 1. The normalized spacial score (nSPS) is 19.2. The van der Waals surface area contributed by atoms with Gasteiger partial charge < -0.3 is 14.5 Å². The van der Waals surface area contributed by atoms with E-state index in [1.54, 1.807) is 30.8 Å². The number of hydrogen-bond acceptors (Lipinski definition) is 4. The highest BCUT2D eigenvalue weighted by Crippen LogP contribution is 2.37. The molecule has 1 aromatic rings. The molecule has 0 saturated carbocycles. The number of halogens is 1. The number of benzene rings is 1. The van der Waals surface area contributed by atoms with Gasteiger partial charge in [-0.15, -0.1) is 11.8 Å². The molecule has 1 unspecified atom stereocenters. The van der Waals surface area contributed by atoms with Crippen LogP contribution < -0.4 is 4.90 Å². The SMILES string of the molecule is CCOC(=O)[C@H](C)[NH+](CC(=O)N1CCS[C@@H]1c1ccc(F)cc1)CC(C)C. The third-order valence-electron chi connectivity index (χ3n) is 4.67. The lowest BCUT2D eigenvalue weighted by Crippen LogP contribution is -3.18. The summed E-state index contributed by atoms with van der Waals surface area (Å²) >= 11 is 1.68. The van der Waals surface area contributed by atoms with Crippen LogP contribution in [0.25, 0.3) is 0 Å². The third-order valence-corrected chi connectivity index (χ3v) is 5.93. The molecule has 1 aliphatic rings. The summed E-state index contributed by atoms with van der Waals surface area (Å²) < 4.78 is 18.4. The zero-order valence-corrected chi connectivity index (χ0v) is 17.4. The number of quaternary nitrogens is 1. The molecule has 27 heavy (non-hydrogen) atoms. The molecule has 3 atom stereocenters. The molecular formula is C20H30FN2O3S+. The quantitative estimate of drug-likeness (QED) is 0.681. The molecule has 0 bridgehead atoms. The van der Waals surface area contributed by atoms with E-state index in [-0.39, 0.29) is 29.6 Å². The van der Waals surface area contributed by atoms with E-state index in [9.17, 15) is 14.0 Å². The Morgan fingerprint density at radius 2 is 1.96 bits per heavy atom. The smallest absolute Gasteiger partial charge is 0.364 e.